The van der Waals surface area contributed by atoms with E-state index in [9.17, 15) is 0 Å². The van der Waals surface area contributed by atoms with Gasteiger partial charge in [-0.15, -0.1) is 0 Å². The van der Waals surface area contributed by atoms with Gasteiger partial charge >= 0.3 is 30.0 Å². The van der Waals surface area contributed by atoms with Crippen molar-refractivity contribution in [2.45, 2.75) is 6.92 Å². The monoisotopic (exact) mass is 214 g/mol. The predicted octanol–water partition coefficient (Wildman–Crippen LogP) is 1.20. The summed E-state index contributed by atoms with van der Waals surface area (Å²) in [6.07, 6.45) is 0. The fourth-order valence-electron chi connectivity index (χ4n) is 0. The molecule has 0 aliphatic heterocycles. The van der Waals surface area contributed by atoms with Crippen molar-refractivity contribution in [2.24, 2.45) is 0 Å². The van der Waals surface area contributed by atoms with Crippen LogP contribution in [0.3, 0.4) is 0 Å². The SMILES string of the molecule is [CH-]=C(C)CO.[Zn+][Br]. The van der Waals surface area contributed by atoms with Gasteiger partial charge in [-0.3, -0.25) is 0 Å². The average Bonchev–Trinajstić information content (AvgIpc) is 1.73. The topological polar surface area (TPSA) is 20.2 Å². The predicted molar refractivity (Wildman–Crippen MR) is 29.5 cm³/mol. The van der Waals surface area contributed by atoms with Crippen molar-refractivity contribution in [3.05, 3.63) is 12.2 Å². The number of aliphatic hydroxyl groups excluding tert-OH is 1. The summed E-state index contributed by atoms with van der Waals surface area (Å²) in [5.41, 5.74) is 0.560. The third kappa shape index (κ3) is 20.0. The Morgan fingerprint density at radius 3 is 2.00 bits per heavy atom. The Morgan fingerprint density at radius 2 is 2.00 bits per heavy atom. The van der Waals surface area contributed by atoms with Gasteiger partial charge in [0.05, 0.1) is 0 Å². The molecule has 0 saturated heterocycles. The van der Waals surface area contributed by atoms with Crippen LogP contribution in [-0.2, 0) is 16.3 Å². The first-order chi connectivity index (χ1) is 3.27. The Kier molecular flexibility index (Phi) is 15.2. The van der Waals surface area contributed by atoms with Gasteiger partial charge in [0.2, 0.25) is 0 Å². The molecule has 0 aliphatic rings. The Hall–Kier alpha value is 0.803. The Bertz CT molecular complexity index is 47.0. The van der Waals surface area contributed by atoms with Crippen LogP contribution >= 0.6 is 13.6 Å². The fraction of sp³-hybridized carbons (Fsp3) is 0.500. The average molecular weight is 216 g/mol. The second-order valence-electron chi connectivity index (χ2n) is 1.00. The molecule has 0 aromatic carbocycles. The molecule has 1 nitrogen and oxygen atoms in total. The number of halogens is 1. The molecule has 0 aromatic heterocycles. The molecule has 1 N–H and O–H groups in total. The van der Waals surface area contributed by atoms with E-state index in [0.29, 0.717) is 5.57 Å². The number of rotatable bonds is 1. The first-order valence-electron chi connectivity index (χ1n) is 1.73. The van der Waals surface area contributed by atoms with Crippen LogP contribution in [0, 0.1) is 6.58 Å². The minimum absolute atomic E-state index is 0. The summed E-state index contributed by atoms with van der Waals surface area (Å²) < 4.78 is 0. The molecule has 0 unspecified atom stereocenters. The number of hydrogen-bond donors (Lipinski definition) is 1. The summed E-state index contributed by atoms with van der Waals surface area (Å²) in [7, 11) is 0. The van der Waals surface area contributed by atoms with Crippen molar-refractivity contribution in [3.8, 4) is 0 Å². The molecule has 0 radical (unpaired) electrons. The van der Waals surface area contributed by atoms with E-state index in [1.54, 1.807) is 6.92 Å². The second kappa shape index (κ2) is 9.93. The van der Waals surface area contributed by atoms with Gasteiger partial charge in [-0.05, 0) is 0 Å². The van der Waals surface area contributed by atoms with Gasteiger partial charge in [-0.1, -0.05) is 6.92 Å². The second-order valence-corrected chi connectivity index (χ2v) is 1.00. The zero-order chi connectivity index (χ0) is 6.28. The summed E-state index contributed by atoms with van der Waals surface area (Å²) in [4.78, 5) is 0. The number of hydrogen-bond acceptors (Lipinski definition) is 1. The molecule has 0 spiro atoms. The summed E-state index contributed by atoms with van der Waals surface area (Å²) in [6, 6.07) is 0. The summed E-state index contributed by atoms with van der Waals surface area (Å²) in [5, 5.41) is 7.98. The number of aliphatic hydroxyl groups is 1. The van der Waals surface area contributed by atoms with E-state index in [1.807, 2.05) is 0 Å². The van der Waals surface area contributed by atoms with Gasteiger partial charge in [0.25, 0.3) is 0 Å². The molecule has 0 saturated carbocycles. The molecule has 0 heterocycles. The van der Waals surface area contributed by atoms with Gasteiger partial charge in [0.15, 0.2) is 0 Å². The van der Waals surface area contributed by atoms with E-state index in [1.165, 1.54) is 16.3 Å². The molecular formula is C4H7BrOZn. The summed E-state index contributed by atoms with van der Waals surface area (Å²) >= 11 is 4.25. The molecule has 0 fully saturated rings. The molecule has 0 rings (SSSR count). The van der Waals surface area contributed by atoms with Crippen LogP contribution in [0.15, 0.2) is 5.57 Å². The molecule has 0 aromatic rings. The van der Waals surface area contributed by atoms with Crippen LogP contribution in [0.4, 0.5) is 0 Å². The summed E-state index contributed by atoms with van der Waals surface area (Å²) in [5.74, 6) is 0. The van der Waals surface area contributed by atoms with Crippen LogP contribution in [0.5, 0.6) is 0 Å². The standard InChI is InChI=1S/C4H7O.BrH.Zn/c1-4(2)3-5;;/h1,5H,3H2,2H3;1H;/q-1;;+2/p-1. The van der Waals surface area contributed by atoms with E-state index in [-0.39, 0.29) is 6.61 Å². The van der Waals surface area contributed by atoms with Crippen molar-refractivity contribution in [1.82, 2.24) is 0 Å². The Morgan fingerprint density at radius 1 is 1.86 bits per heavy atom. The van der Waals surface area contributed by atoms with Gasteiger partial charge in [-0.2, -0.15) is 0 Å². The normalized spacial score (nSPS) is 6.43. The Labute approximate surface area is 60.8 Å². The molecule has 38 valence electrons. The van der Waals surface area contributed by atoms with E-state index in [2.05, 4.69) is 13.6 Å². The van der Waals surface area contributed by atoms with Crippen LogP contribution in [0.2, 0.25) is 0 Å². The van der Waals surface area contributed by atoms with Crippen molar-refractivity contribution >= 4 is 13.6 Å². The molecule has 3 heteroatoms. The third-order valence-corrected chi connectivity index (χ3v) is 0.249. The van der Waals surface area contributed by atoms with Gasteiger partial charge < -0.3 is 11.7 Å². The quantitative estimate of drug-likeness (QED) is 0.516. The van der Waals surface area contributed by atoms with E-state index < -0.39 is 0 Å². The van der Waals surface area contributed by atoms with Gasteiger partial charge in [0, 0.05) is 6.61 Å². The maximum atomic E-state index is 7.98. The molecule has 7 heavy (non-hydrogen) atoms. The molecular weight excluding hydrogens is 209 g/mol. The van der Waals surface area contributed by atoms with Crippen molar-refractivity contribution < 1.29 is 21.4 Å². The van der Waals surface area contributed by atoms with Crippen LogP contribution in [0.25, 0.3) is 0 Å². The molecule has 0 atom stereocenters. The van der Waals surface area contributed by atoms with Crippen molar-refractivity contribution in [2.75, 3.05) is 6.61 Å². The van der Waals surface area contributed by atoms with E-state index in [4.69, 9.17) is 11.7 Å². The summed E-state index contributed by atoms with van der Waals surface area (Å²) in [6.45, 7) is 6.62. The van der Waals surface area contributed by atoms with E-state index in [0.717, 1.165) is 0 Å². The zero-order valence-electron chi connectivity index (χ0n) is 4.32. The molecule has 0 bridgehead atoms. The van der Waals surface area contributed by atoms with Gasteiger partial charge in [-0.25, -0.2) is 5.57 Å². The van der Waals surface area contributed by atoms with E-state index >= 15 is 0 Å². The van der Waals surface area contributed by atoms with Crippen LogP contribution in [-0.4, -0.2) is 11.7 Å². The van der Waals surface area contributed by atoms with Gasteiger partial charge in [0.1, 0.15) is 0 Å². The Balaban J connectivity index is 0. The zero-order valence-corrected chi connectivity index (χ0v) is 8.87. The van der Waals surface area contributed by atoms with Crippen molar-refractivity contribution in [3.63, 3.8) is 0 Å². The van der Waals surface area contributed by atoms with Crippen LogP contribution in [0.1, 0.15) is 6.92 Å². The van der Waals surface area contributed by atoms with Crippen LogP contribution < -0.4 is 0 Å². The first-order valence-corrected chi connectivity index (χ1v) is 8.67. The first kappa shape index (κ1) is 10.7. The van der Waals surface area contributed by atoms with Crippen molar-refractivity contribution in [1.29, 1.82) is 0 Å². The fourth-order valence-corrected chi connectivity index (χ4v) is 0. The maximum absolute atomic E-state index is 7.98. The molecule has 0 aliphatic carbocycles. The minimum atomic E-state index is 0. The third-order valence-electron chi connectivity index (χ3n) is 0.249. The molecule has 0 amide bonds.